The summed E-state index contributed by atoms with van der Waals surface area (Å²) in [5, 5.41) is 8.97. The monoisotopic (exact) mass is 251 g/mol. The molecule has 96 valence electrons. The number of carbonyl (C=O) groups is 2. The average Bonchev–Trinajstić information content (AvgIpc) is 3.12. The highest BCUT2D eigenvalue weighted by Gasteiger charge is 2.43. The average molecular weight is 251 g/mol. The van der Waals surface area contributed by atoms with Crippen molar-refractivity contribution in [1.29, 1.82) is 0 Å². The molecule has 1 saturated carbocycles. The fourth-order valence-electron chi connectivity index (χ4n) is 1.36. The van der Waals surface area contributed by atoms with Gasteiger partial charge in [-0.2, -0.15) is 0 Å². The van der Waals surface area contributed by atoms with Gasteiger partial charge in [0.15, 0.2) is 0 Å². The number of aliphatic hydroxyl groups is 1. The molecular weight excluding hydrogens is 238 g/mol. The fourth-order valence-corrected chi connectivity index (χ4v) is 1.36. The number of aliphatic hydroxyl groups excluding tert-OH is 1. The molecule has 1 aromatic rings. The number of benzene rings is 1. The molecule has 0 aliphatic heterocycles. The summed E-state index contributed by atoms with van der Waals surface area (Å²) in [5.74, 6) is -1.18. The highest BCUT2D eigenvalue weighted by Crippen LogP contribution is 2.30. The van der Waals surface area contributed by atoms with Crippen molar-refractivity contribution in [3.8, 4) is 0 Å². The van der Waals surface area contributed by atoms with Crippen LogP contribution >= 0.6 is 0 Å². The third kappa shape index (κ3) is 3.46. The van der Waals surface area contributed by atoms with E-state index in [1.165, 1.54) is 0 Å². The Morgan fingerprint density at radius 3 is 2.61 bits per heavy atom. The molecule has 2 atom stereocenters. The van der Waals surface area contributed by atoms with Crippen molar-refractivity contribution in [2.45, 2.75) is 19.1 Å². The third-order valence-corrected chi connectivity index (χ3v) is 2.51. The van der Waals surface area contributed by atoms with E-state index in [-0.39, 0.29) is 6.61 Å². The first-order valence-electron chi connectivity index (χ1n) is 5.52. The summed E-state index contributed by atoms with van der Waals surface area (Å²) in [6, 6.07) is 9.11. The molecule has 1 amide bonds. The van der Waals surface area contributed by atoms with Gasteiger partial charge in [0.25, 0.3) is 0 Å². The molecule has 0 heterocycles. The highest BCUT2D eigenvalue weighted by molar-refractivity contribution is 5.78. The van der Waals surface area contributed by atoms with Gasteiger partial charge in [0.2, 0.25) is 0 Å². The zero-order chi connectivity index (χ0) is 13.0. The molecule has 2 rings (SSSR count). The molecule has 0 radical (unpaired) electrons. The summed E-state index contributed by atoms with van der Waals surface area (Å²) in [4.78, 5) is 26.8. The Morgan fingerprint density at radius 1 is 1.33 bits per heavy atom. The van der Waals surface area contributed by atoms with Crippen LogP contribution in [0.4, 0.5) is 4.79 Å². The van der Waals surface area contributed by atoms with Gasteiger partial charge in [0, 0.05) is 0 Å². The number of ether oxygens (including phenoxy) is 1. The van der Waals surface area contributed by atoms with Crippen molar-refractivity contribution in [3.05, 3.63) is 35.9 Å². The molecule has 18 heavy (non-hydrogen) atoms. The van der Waals surface area contributed by atoms with E-state index in [0.717, 1.165) is 5.56 Å². The Morgan fingerprint density at radius 2 is 2.00 bits per heavy atom. The SMILES string of the molecule is O=C(NOC(=O)C1CC1O)OCc1ccccc1. The van der Waals surface area contributed by atoms with Gasteiger partial charge in [0.1, 0.15) is 6.61 Å². The largest absolute Gasteiger partial charge is 0.443 e. The number of hydrogen-bond donors (Lipinski definition) is 2. The standard InChI is InChI=1S/C12H13NO5/c14-10-6-9(10)11(15)18-13-12(16)17-7-8-4-2-1-3-5-8/h1-5,9-10,14H,6-7H2,(H,13,16). The van der Waals surface area contributed by atoms with Gasteiger partial charge >= 0.3 is 12.1 Å². The Bertz CT molecular complexity index is 433. The van der Waals surface area contributed by atoms with E-state index >= 15 is 0 Å². The zero-order valence-corrected chi connectivity index (χ0v) is 9.54. The first-order chi connectivity index (χ1) is 8.66. The lowest BCUT2D eigenvalue weighted by Crippen LogP contribution is -2.28. The summed E-state index contributed by atoms with van der Waals surface area (Å²) in [5.41, 5.74) is 2.70. The topological polar surface area (TPSA) is 84.9 Å². The molecule has 6 heteroatoms. The molecule has 0 saturated heterocycles. The number of nitrogens with one attached hydrogen (secondary N) is 1. The van der Waals surface area contributed by atoms with Crippen molar-refractivity contribution in [2.24, 2.45) is 5.92 Å². The van der Waals surface area contributed by atoms with Gasteiger partial charge in [-0.15, -0.1) is 5.48 Å². The second-order valence-electron chi connectivity index (χ2n) is 3.99. The van der Waals surface area contributed by atoms with E-state index in [2.05, 4.69) is 4.84 Å². The maximum atomic E-state index is 11.2. The molecular formula is C12H13NO5. The van der Waals surface area contributed by atoms with Gasteiger partial charge in [-0.1, -0.05) is 30.3 Å². The van der Waals surface area contributed by atoms with Crippen LogP contribution in [0.25, 0.3) is 0 Å². The van der Waals surface area contributed by atoms with E-state index in [4.69, 9.17) is 9.84 Å². The molecule has 0 spiro atoms. The first kappa shape index (κ1) is 12.4. The van der Waals surface area contributed by atoms with Gasteiger partial charge in [0.05, 0.1) is 12.0 Å². The molecule has 6 nitrogen and oxygen atoms in total. The molecule has 2 N–H and O–H groups in total. The highest BCUT2D eigenvalue weighted by atomic mass is 16.7. The van der Waals surface area contributed by atoms with Gasteiger partial charge in [-0.3, -0.25) is 0 Å². The summed E-state index contributed by atoms with van der Waals surface area (Å²) in [7, 11) is 0. The lowest BCUT2D eigenvalue weighted by Gasteiger charge is -2.06. The maximum absolute atomic E-state index is 11.2. The van der Waals surface area contributed by atoms with E-state index in [1.54, 1.807) is 12.1 Å². The second-order valence-corrected chi connectivity index (χ2v) is 3.99. The minimum atomic E-state index is -0.845. The minimum absolute atomic E-state index is 0.0935. The minimum Gasteiger partial charge on any atom is -0.443 e. The summed E-state index contributed by atoms with van der Waals surface area (Å²) < 4.78 is 4.82. The number of rotatable bonds is 3. The lowest BCUT2D eigenvalue weighted by atomic mass is 10.2. The summed E-state index contributed by atoms with van der Waals surface area (Å²) in [6.45, 7) is 0.0935. The van der Waals surface area contributed by atoms with Crippen molar-refractivity contribution >= 4 is 12.1 Å². The van der Waals surface area contributed by atoms with Crippen molar-refractivity contribution in [1.82, 2.24) is 5.48 Å². The predicted molar refractivity (Wildman–Crippen MR) is 60.0 cm³/mol. The van der Waals surface area contributed by atoms with Gasteiger partial charge in [-0.25, -0.2) is 9.59 Å². The van der Waals surface area contributed by atoms with E-state index in [1.807, 2.05) is 23.7 Å². The zero-order valence-electron chi connectivity index (χ0n) is 9.54. The second kappa shape index (κ2) is 5.50. The third-order valence-electron chi connectivity index (χ3n) is 2.51. The van der Waals surface area contributed by atoms with Gasteiger partial charge < -0.3 is 14.7 Å². The van der Waals surface area contributed by atoms with Crippen molar-refractivity contribution in [2.75, 3.05) is 0 Å². The molecule has 1 aliphatic rings. The van der Waals surface area contributed by atoms with Gasteiger partial charge in [-0.05, 0) is 12.0 Å². The van der Waals surface area contributed by atoms with Crippen molar-refractivity contribution in [3.63, 3.8) is 0 Å². The first-order valence-corrected chi connectivity index (χ1v) is 5.52. The van der Waals surface area contributed by atoms with Crippen molar-refractivity contribution < 1.29 is 24.3 Å². The number of hydroxylamine groups is 1. The van der Waals surface area contributed by atoms with Crippen LogP contribution < -0.4 is 5.48 Å². The van der Waals surface area contributed by atoms with Crippen LogP contribution in [0.1, 0.15) is 12.0 Å². The predicted octanol–water partition coefficient (Wildman–Crippen LogP) is 0.752. The van der Waals surface area contributed by atoms with Crippen LogP contribution in [0.15, 0.2) is 30.3 Å². The Hall–Kier alpha value is -2.08. The van der Waals surface area contributed by atoms with Crippen LogP contribution in [-0.4, -0.2) is 23.3 Å². The molecule has 1 fully saturated rings. The van der Waals surface area contributed by atoms with Crippen LogP contribution in [0.3, 0.4) is 0 Å². The molecule has 2 unspecified atom stereocenters. The normalized spacial score (nSPS) is 20.9. The lowest BCUT2D eigenvalue weighted by molar-refractivity contribution is -0.152. The quantitative estimate of drug-likeness (QED) is 0.774. The van der Waals surface area contributed by atoms with Crippen LogP contribution in [0.5, 0.6) is 0 Å². The number of amides is 1. The van der Waals surface area contributed by atoms with Crippen LogP contribution in [0, 0.1) is 5.92 Å². The molecule has 1 aliphatic carbocycles. The number of carbonyl (C=O) groups excluding carboxylic acids is 2. The van der Waals surface area contributed by atoms with Crippen LogP contribution in [-0.2, 0) is 21.0 Å². The molecule has 1 aromatic carbocycles. The summed E-state index contributed by atoms with van der Waals surface area (Å²) >= 11 is 0. The maximum Gasteiger partial charge on any atom is 0.441 e. The Balaban J connectivity index is 1.65. The van der Waals surface area contributed by atoms with Crippen LogP contribution in [0.2, 0.25) is 0 Å². The molecule has 0 aromatic heterocycles. The number of hydrogen-bond acceptors (Lipinski definition) is 5. The Labute approximate surface area is 103 Å². The Kier molecular flexibility index (Phi) is 3.78. The molecule has 0 bridgehead atoms. The van der Waals surface area contributed by atoms with E-state index in [0.29, 0.717) is 6.42 Å². The summed E-state index contributed by atoms with van der Waals surface area (Å²) in [6.07, 6.45) is -1.12. The van der Waals surface area contributed by atoms with E-state index < -0.39 is 24.1 Å². The van der Waals surface area contributed by atoms with E-state index in [9.17, 15) is 9.59 Å². The fraction of sp³-hybridized carbons (Fsp3) is 0.333. The smallest absolute Gasteiger partial charge is 0.441 e.